The van der Waals surface area contributed by atoms with Gasteiger partial charge in [0.1, 0.15) is 0 Å². The van der Waals surface area contributed by atoms with E-state index in [9.17, 15) is 9.59 Å². The summed E-state index contributed by atoms with van der Waals surface area (Å²) < 4.78 is 0. The molecule has 1 aromatic heterocycles. The number of rotatable bonds is 2. The number of hydrogen-bond donors (Lipinski definition) is 2. The molecule has 0 aliphatic heterocycles. The Labute approximate surface area is 68.9 Å². The minimum atomic E-state index is -0.333. The molecule has 0 saturated heterocycles. The van der Waals surface area contributed by atoms with Crippen LogP contribution in [0.15, 0.2) is 35.8 Å². The lowest BCUT2D eigenvalue weighted by atomic mass is 10.4. The minimum absolute atomic E-state index is 0.253. The van der Waals surface area contributed by atoms with E-state index in [0.29, 0.717) is 5.69 Å². The third kappa shape index (κ3) is 2.09. The van der Waals surface area contributed by atoms with Crippen molar-refractivity contribution in [2.75, 3.05) is 5.32 Å². The van der Waals surface area contributed by atoms with E-state index >= 15 is 0 Å². The predicted octanol–water partition coefficient (Wildman–Crippen LogP) is 0.499. The summed E-state index contributed by atoms with van der Waals surface area (Å²) in [7, 11) is 0. The van der Waals surface area contributed by atoms with Crippen LogP contribution in [0.4, 0.5) is 5.69 Å². The van der Waals surface area contributed by atoms with Gasteiger partial charge in [-0.05, 0) is 12.1 Å². The average molecular weight is 164 g/mol. The van der Waals surface area contributed by atoms with E-state index in [4.69, 9.17) is 0 Å². The molecule has 12 heavy (non-hydrogen) atoms. The second kappa shape index (κ2) is 3.52. The topological polar surface area (TPSA) is 62.0 Å². The summed E-state index contributed by atoms with van der Waals surface area (Å²) in [5.41, 5.74) is 0.209. The first-order valence-corrected chi connectivity index (χ1v) is 3.34. The SMILES string of the molecule is C=CC(=O)Nc1cc[nH]c(=O)c1. The van der Waals surface area contributed by atoms with Crippen molar-refractivity contribution in [3.63, 3.8) is 0 Å². The molecule has 4 nitrogen and oxygen atoms in total. The third-order valence-corrected chi connectivity index (χ3v) is 1.23. The van der Waals surface area contributed by atoms with E-state index in [1.165, 1.54) is 12.3 Å². The van der Waals surface area contributed by atoms with Crippen LogP contribution in [0.2, 0.25) is 0 Å². The average Bonchev–Trinajstić information content (AvgIpc) is 2.04. The second-order valence-electron chi connectivity index (χ2n) is 2.13. The van der Waals surface area contributed by atoms with Gasteiger partial charge >= 0.3 is 0 Å². The largest absolute Gasteiger partial charge is 0.329 e. The van der Waals surface area contributed by atoms with Gasteiger partial charge in [0, 0.05) is 18.0 Å². The quantitative estimate of drug-likeness (QED) is 0.625. The third-order valence-electron chi connectivity index (χ3n) is 1.23. The van der Waals surface area contributed by atoms with Crippen LogP contribution >= 0.6 is 0 Å². The molecular weight excluding hydrogens is 156 g/mol. The van der Waals surface area contributed by atoms with E-state index in [0.717, 1.165) is 6.08 Å². The first-order chi connectivity index (χ1) is 5.72. The molecule has 0 radical (unpaired) electrons. The number of carbonyl (C=O) groups excluding carboxylic acids is 1. The van der Waals surface area contributed by atoms with Crippen molar-refractivity contribution in [3.05, 3.63) is 41.3 Å². The molecule has 0 saturated carbocycles. The van der Waals surface area contributed by atoms with E-state index in [1.54, 1.807) is 6.07 Å². The molecule has 2 N–H and O–H groups in total. The summed E-state index contributed by atoms with van der Waals surface area (Å²) >= 11 is 0. The molecule has 4 heteroatoms. The lowest BCUT2D eigenvalue weighted by molar-refractivity contribution is -0.111. The zero-order chi connectivity index (χ0) is 8.97. The van der Waals surface area contributed by atoms with E-state index in [1.807, 2.05) is 0 Å². The molecule has 0 atom stereocenters. The van der Waals surface area contributed by atoms with Crippen LogP contribution in [0.3, 0.4) is 0 Å². The van der Waals surface area contributed by atoms with Crippen LogP contribution in [-0.2, 0) is 4.79 Å². The Kier molecular flexibility index (Phi) is 2.42. The summed E-state index contributed by atoms with van der Waals surface area (Å²) in [5, 5.41) is 2.46. The molecule has 0 unspecified atom stereocenters. The van der Waals surface area contributed by atoms with Crippen molar-refractivity contribution in [3.8, 4) is 0 Å². The Balaban J connectivity index is 2.83. The van der Waals surface area contributed by atoms with Gasteiger partial charge in [0.25, 0.3) is 0 Å². The highest BCUT2D eigenvalue weighted by Gasteiger charge is 1.95. The number of aromatic nitrogens is 1. The molecule has 62 valence electrons. The molecule has 1 heterocycles. The molecule has 0 fully saturated rings. The minimum Gasteiger partial charge on any atom is -0.329 e. The van der Waals surface area contributed by atoms with Gasteiger partial charge in [0.15, 0.2) is 0 Å². The Hall–Kier alpha value is -1.84. The molecular formula is C8H8N2O2. The number of amides is 1. The van der Waals surface area contributed by atoms with Gasteiger partial charge in [-0.1, -0.05) is 6.58 Å². The summed E-state index contributed by atoms with van der Waals surface area (Å²) in [4.78, 5) is 23.9. The van der Waals surface area contributed by atoms with Crippen molar-refractivity contribution in [2.24, 2.45) is 0 Å². The van der Waals surface area contributed by atoms with Crippen LogP contribution in [-0.4, -0.2) is 10.9 Å². The number of pyridine rings is 1. The zero-order valence-corrected chi connectivity index (χ0v) is 6.33. The van der Waals surface area contributed by atoms with Gasteiger partial charge in [-0.2, -0.15) is 0 Å². The number of nitrogens with one attached hydrogen (secondary N) is 2. The Morgan fingerprint density at radius 2 is 2.42 bits per heavy atom. The maximum atomic E-state index is 10.8. The first-order valence-electron chi connectivity index (χ1n) is 3.34. The monoisotopic (exact) mass is 164 g/mol. The highest BCUT2D eigenvalue weighted by atomic mass is 16.1. The lowest BCUT2D eigenvalue weighted by Crippen LogP contribution is -2.11. The number of hydrogen-bond acceptors (Lipinski definition) is 2. The fourth-order valence-electron chi connectivity index (χ4n) is 0.716. The smallest absolute Gasteiger partial charge is 0.249 e. The summed E-state index contributed by atoms with van der Waals surface area (Å²) in [6.45, 7) is 3.28. The molecule has 0 bridgehead atoms. The van der Waals surface area contributed by atoms with Crippen LogP contribution < -0.4 is 10.9 Å². The van der Waals surface area contributed by atoms with E-state index in [2.05, 4.69) is 16.9 Å². The molecule has 1 rings (SSSR count). The van der Waals surface area contributed by atoms with Gasteiger partial charge in [0.2, 0.25) is 11.5 Å². The van der Waals surface area contributed by atoms with Gasteiger partial charge in [-0.15, -0.1) is 0 Å². The number of H-pyrrole nitrogens is 1. The highest BCUT2D eigenvalue weighted by Crippen LogP contribution is 1.99. The van der Waals surface area contributed by atoms with Crippen molar-refractivity contribution >= 4 is 11.6 Å². The molecule has 0 aromatic carbocycles. The van der Waals surface area contributed by atoms with E-state index in [-0.39, 0.29) is 11.5 Å². The predicted molar refractivity (Wildman–Crippen MR) is 45.9 cm³/mol. The van der Waals surface area contributed by atoms with Gasteiger partial charge in [0.05, 0.1) is 0 Å². The fourth-order valence-corrected chi connectivity index (χ4v) is 0.716. The first kappa shape index (κ1) is 8.26. The van der Waals surface area contributed by atoms with Crippen molar-refractivity contribution in [2.45, 2.75) is 0 Å². The summed E-state index contributed by atoms with van der Waals surface area (Å²) in [5.74, 6) is -0.333. The zero-order valence-electron chi connectivity index (χ0n) is 6.33. The van der Waals surface area contributed by atoms with E-state index < -0.39 is 0 Å². The van der Waals surface area contributed by atoms with Gasteiger partial charge in [-0.25, -0.2) is 0 Å². The fraction of sp³-hybridized carbons (Fsp3) is 0. The summed E-state index contributed by atoms with van der Waals surface area (Å²) in [6, 6.07) is 2.88. The Morgan fingerprint density at radius 3 is 3.00 bits per heavy atom. The second-order valence-corrected chi connectivity index (χ2v) is 2.13. The van der Waals surface area contributed by atoms with Crippen LogP contribution in [0.1, 0.15) is 0 Å². The Morgan fingerprint density at radius 1 is 1.67 bits per heavy atom. The maximum absolute atomic E-state index is 10.8. The molecule has 1 amide bonds. The number of aromatic amines is 1. The van der Waals surface area contributed by atoms with Gasteiger partial charge < -0.3 is 10.3 Å². The Bertz CT molecular complexity index is 354. The number of anilines is 1. The van der Waals surface area contributed by atoms with Crippen LogP contribution in [0.5, 0.6) is 0 Å². The lowest BCUT2D eigenvalue weighted by Gasteiger charge is -1.98. The summed E-state index contributed by atoms with van der Waals surface area (Å²) in [6.07, 6.45) is 2.60. The van der Waals surface area contributed by atoms with Crippen molar-refractivity contribution in [1.29, 1.82) is 0 Å². The number of carbonyl (C=O) groups is 1. The normalized spacial score (nSPS) is 9.00. The van der Waals surface area contributed by atoms with Crippen LogP contribution in [0.25, 0.3) is 0 Å². The molecule has 0 spiro atoms. The van der Waals surface area contributed by atoms with Gasteiger partial charge in [-0.3, -0.25) is 9.59 Å². The molecule has 0 aliphatic carbocycles. The molecule has 1 aromatic rings. The maximum Gasteiger partial charge on any atom is 0.249 e. The molecule has 0 aliphatic rings. The standard InChI is InChI=1S/C8H8N2O2/c1-2-7(11)10-6-3-4-9-8(12)5-6/h2-5H,1H2,(H2,9,10,11,12). The van der Waals surface area contributed by atoms with Crippen molar-refractivity contribution in [1.82, 2.24) is 4.98 Å². The van der Waals surface area contributed by atoms with Crippen molar-refractivity contribution < 1.29 is 4.79 Å². The van der Waals surface area contributed by atoms with Crippen LogP contribution in [0, 0.1) is 0 Å². The highest BCUT2D eigenvalue weighted by molar-refractivity contribution is 5.98.